The van der Waals surface area contributed by atoms with Crippen molar-refractivity contribution < 1.29 is 18.7 Å². The third kappa shape index (κ3) is 3.64. The Bertz CT molecular complexity index is 996. The topological polar surface area (TPSA) is 80.6 Å². The third-order valence-electron chi connectivity index (χ3n) is 4.99. The van der Waals surface area contributed by atoms with E-state index in [1.54, 1.807) is 31.2 Å². The molecular formula is C22H22N2O4. The van der Waals surface area contributed by atoms with Gasteiger partial charge in [0.1, 0.15) is 5.58 Å². The van der Waals surface area contributed by atoms with Gasteiger partial charge >= 0.3 is 5.97 Å². The first kappa shape index (κ1) is 18.3. The van der Waals surface area contributed by atoms with E-state index in [4.69, 9.17) is 9.15 Å². The van der Waals surface area contributed by atoms with Crippen LogP contribution in [0.25, 0.3) is 11.0 Å². The summed E-state index contributed by atoms with van der Waals surface area (Å²) in [5.74, 6) is -0.263. The molecule has 1 aliphatic heterocycles. The van der Waals surface area contributed by atoms with Gasteiger partial charge in [-0.05, 0) is 49.7 Å². The first-order valence-electron chi connectivity index (χ1n) is 9.45. The predicted molar refractivity (Wildman–Crippen MR) is 106 cm³/mol. The summed E-state index contributed by atoms with van der Waals surface area (Å²) in [6.45, 7) is 2.84. The average Bonchev–Trinajstić information content (AvgIpc) is 3.36. The van der Waals surface area contributed by atoms with Crippen molar-refractivity contribution in [2.45, 2.75) is 25.3 Å². The smallest absolute Gasteiger partial charge is 0.374 e. The van der Waals surface area contributed by atoms with Crippen LogP contribution in [-0.4, -0.2) is 31.1 Å². The number of benzene rings is 2. The lowest BCUT2D eigenvalue weighted by Gasteiger charge is -2.19. The Hall–Kier alpha value is -3.12. The molecule has 28 heavy (non-hydrogen) atoms. The van der Waals surface area contributed by atoms with Gasteiger partial charge in [-0.15, -0.1) is 0 Å². The van der Waals surface area contributed by atoms with Crippen LogP contribution in [0.4, 0.5) is 5.69 Å². The number of fused-ring (bicyclic) bond motifs is 1. The third-order valence-corrected chi connectivity index (χ3v) is 4.99. The van der Waals surface area contributed by atoms with Gasteiger partial charge < -0.3 is 19.8 Å². The van der Waals surface area contributed by atoms with Crippen LogP contribution in [0.1, 0.15) is 35.4 Å². The van der Waals surface area contributed by atoms with Gasteiger partial charge in [0.2, 0.25) is 11.7 Å². The molecule has 1 aromatic heterocycles. The molecule has 2 aromatic carbocycles. The molecule has 3 aromatic rings. The van der Waals surface area contributed by atoms with Gasteiger partial charge in [0, 0.05) is 17.0 Å². The molecule has 2 N–H and O–H groups in total. The maximum atomic E-state index is 12.9. The van der Waals surface area contributed by atoms with E-state index in [9.17, 15) is 9.59 Å². The van der Waals surface area contributed by atoms with Gasteiger partial charge in [0.05, 0.1) is 12.6 Å². The number of amides is 1. The molecule has 6 heteroatoms. The summed E-state index contributed by atoms with van der Waals surface area (Å²) in [5, 5.41) is 7.02. The van der Waals surface area contributed by atoms with Crippen molar-refractivity contribution in [3.05, 3.63) is 65.9 Å². The number of nitrogens with one attached hydrogen (secondary N) is 2. The number of carbonyl (C=O) groups is 2. The van der Waals surface area contributed by atoms with E-state index in [1.807, 2.05) is 18.2 Å². The average molecular weight is 378 g/mol. The number of anilines is 1. The minimum absolute atomic E-state index is 0.0696. The maximum absolute atomic E-state index is 12.9. The normalized spacial score (nSPS) is 18.9. The largest absolute Gasteiger partial charge is 0.460 e. The van der Waals surface area contributed by atoms with Crippen LogP contribution in [0.5, 0.6) is 0 Å². The highest BCUT2D eigenvalue weighted by Crippen LogP contribution is 2.29. The predicted octanol–water partition coefficient (Wildman–Crippen LogP) is 3.69. The fraction of sp³-hybridized carbons (Fsp3) is 0.273. The Kier molecular flexibility index (Phi) is 5.12. The van der Waals surface area contributed by atoms with Crippen LogP contribution >= 0.6 is 0 Å². The minimum Gasteiger partial charge on any atom is -0.460 e. The Morgan fingerprint density at radius 3 is 2.79 bits per heavy atom. The summed E-state index contributed by atoms with van der Waals surface area (Å²) < 4.78 is 10.5. The molecule has 0 spiro atoms. The molecule has 6 nitrogen and oxygen atoms in total. The van der Waals surface area contributed by atoms with E-state index >= 15 is 0 Å². The SMILES string of the molecule is CCOC(=O)c1cc2cc(NC(=O)[C@H]3NCC[C@@H]3c3ccccc3)ccc2o1. The molecule has 144 valence electrons. The van der Waals surface area contributed by atoms with E-state index < -0.39 is 5.97 Å². The molecule has 0 aliphatic carbocycles. The molecule has 1 fully saturated rings. The van der Waals surface area contributed by atoms with E-state index in [1.165, 1.54) is 0 Å². The standard InChI is InChI=1S/C22H22N2O4/c1-2-27-22(26)19-13-15-12-16(8-9-18(15)28-19)24-21(25)20-17(10-11-23-20)14-6-4-3-5-7-14/h3-9,12-13,17,20,23H,2,10-11H2,1H3,(H,24,25)/t17-,20+/m1/s1. The van der Waals surface area contributed by atoms with E-state index in [-0.39, 0.29) is 30.2 Å². The number of rotatable bonds is 5. The van der Waals surface area contributed by atoms with Crippen LogP contribution < -0.4 is 10.6 Å². The lowest BCUT2D eigenvalue weighted by molar-refractivity contribution is -0.118. The zero-order valence-corrected chi connectivity index (χ0v) is 15.6. The molecule has 0 unspecified atom stereocenters. The minimum atomic E-state index is -0.495. The summed E-state index contributed by atoms with van der Waals surface area (Å²) in [6.07, 6.45) is 0.922. The lowest BCUT2D eigenvalue weighted by atomic mass is 9.91. The quantitative estimate of drug-likeness (QED) is 0.662. The zero-order chi connectivity index (χ0) is 19.5. The molecule has 1 aliphatic rings. The van der Waals surface area contributed by atoms with Crippen molar-refractivity contribution in [1.29, 1.82) is 0 Å². The number of hydrogen-bond donors (Lipinski definition) is 2. The Morgan fingerprint density at radius 2 is 2.00 bits per heavy atom. The van der Waals surface area contributed by atoms with Gasteiger partial charge in [0.25, 0.3) is 0 Å². The van der Waals surface area contributed by atoms with Crippen molar-refractivity contribution in [2.75, 3.05) is 18.5 Å². The highest BCUT2D eigenvalue weighted by molar-refractivity contribution is 5.98. The van der Waals surface area contributed by atoms with Crippen LogP contribution in [0.3, 0.4) is 0 Å². The van der Waals surface area contributed by atoms with Crippen LogP contribution in [-0.2, 0) is 9.53 Å². The summed E-state index contributed by atoms with van der Waals surface area (Å²) in [5.41, 5.74) is 2.40. The monoisotopic (exact) mass is 378 g/mol. The second-order valence-corrected chi connectivity index (χ2v) is 6.81. The van der Waals surface area contributed by atoms with Gasteiger partial charge in [0.15, 0.2) is 0 Å². The van der Waals surface area contributed by atoms with Gasteiger partial charge in [-0.2, -0.15) is 0 Å². The van der Waals surface area contributed by atoms with Crippen molar-refractivity contribution in [2.24, 2.45) is 0 Å². The van der Waals surface area contributed by atoms with E-state index in [2.05, 4.69) is 22.8 Å². The van der Waals surface area contributed by atoms with E-state index in [0.717, 1.165) is 23.9 Å². The zero-order valence-electron chi connectivity index (χ0n) is 15.6. The van der Waals surface area contributed by atoms with Crippen molar-refractivity contribution >= 4 is 28.5 Å². The van der Waals surface area contributed by atoms with Crippen LogP contribution in [0.2, 0.25) is 0 Å². The number of hydrogen-bond acceptors (Lipinski definition) is 5. The number of ether oxygens (including phenoxy) is 1. The Labute approximate surface area is 162 Å². The first-order valence-corrected chi connectivity index (χ1v) is 9.45. The molecular weight excluding hydrogens is 356 g/mol. The summed E-state index contributed by atoms with van der Waals surface area (Å²) in [6, 6.07) is 16.8. The Morgan fingerprint density at radius 1 is 1.18 bits per heavy atom. The maximum Gasteiger partial charge on any atom is 0.374 e. The number of esters is 1. The van der Waals surface area contributed by atoms with Crippen molar-refractivity contribution in [1.82, 2.24) is 5.32 Å². The molecule has 0 bridgehead atoms. The molecule has 2 atom stereocenters. The summed E-state index contributed by atoms with van der Waals surface area (Å²) >= 11 is 0. The Balaban J connectivity index is 1.51. The van der Waals surface area contributed by atoms with Crippen LogP contribution in [0.15, 0.2) is 59.0 Å². The molecule has 1 amide bonds. The first-order chi connectivity index (χ1) is 13.7. The molecule has 2 heterocycles. The summed E-state index contributed by atoms with van der Waals surface area (Å²) in [7, 11) is 0. The number of furan rings is 1. The highest BCUT2D eigenvalue weighted by Gasteiger charge is 2.33. The van der Waals surface area contributed by atoms with Crippen molar-refractivity contribution in [3.63, 3.8) is 0 Å². The fourth-order valence-corrected chi connectivity index (χ4v) is 3.68. The van der Waals surface area contributed by atoms with Crippen LogP contribution in [0, 0.1) is 0 Å². The van der Waals surface area contributed by atoms with Gasteiger partial charge in [-0.3, -0.25) is 4.79 Å². The van der Waals surface area contributed by atoms with E-state index in [0.29, 0.717) is 11.3 Å². The second-order valence-electron chi connectivity index (χ2n) is 6.81. The van der Waals surface area contributed by atoms with Gasteiger partial charge in [-0.25, -0.2) is 4.79 Å². The second kappa shape index (κ2) is 7.86. The molecule has 0 saturated carbocycles. The lowest BCUT2D eigenvalue weighted by Crippen LogP contribution is -2.39. The molecule has 0 radical (unpaired) electrons. The van der Waals surface area contributed by atoms with Gasteiger partial charge in [-0.1, -0.05) is 30.3 Å². The molecule has 4 rings (SSSR count). The molecule has 1 saturated heterocycles. The number of carbonyl (C=O) groups excluding carboxylic acids is 2. The summed E-state index contributed by atoms with van der Waals surface area (Å²) in [4.78, 5) is 24.7. The highest BCUT2D eigenvalue weighted by atomic mass is 16.5. The fourth-order valence-electron chi connectivity index (χ4n) is 3.68. The van der Waals surface area contributed by atoms with Crippen molar-refractivity contribution in [3.8, 4) is 0 Å².